The Hall–Kier alpha value is -3.64. The van der Waals surface area contributed by atoms with Crippen molar-refractivity contribution in [3.63, 3.8) is 0 Å². The highest BCUT2D eigenvalue weighted by atomic mass is 19.1. The standard InChI is InChI=1S/C22H24FN5O3/c1-22(2,30)5-4-14-9-15-18(10-16(14)23)31-7-6-28-17(8-13(11-24)12-26-3)19(20(25)29)27-21(15)28/h9-12,30H,6-8,24H2,1-3H3,(H2,25,29)/b13-11-,26-12?. The molecule has 1 aromatic carbocycles. The average Bonchev–Trinajstić information content (AvgIpc) is 2.95. The smallest absolute Gasteiger partial charge is 0.269 e. The number of fused-ring (bicyclic) bond motifs is 3. The van der Waals surface area contributed by atoms with Crippen molar-refractivity contribution >= 4 is 12.1 Å². The maximum absolute atomic E-state index is 14.6. The summed E-state index contributed by atoms with van der Waals surface area (Å²) in [5, 5.41) is 9.85. The molecule has 162 valence electrons. The van der Waals surface area contributed by atoms with Crippen molar-refractivity contribution in [2.75, 3.05) is 13.7 Å². The maximum Gasteiger partial charge on any atom is 0.269 e. The van der Waals surface area contributed by atoms with Gasteiger partial charge >= 0.3 is 0 Å². The lowest BCUT2D eigenvalue weighted by Gasteiger charge is -2.10. The first-order valence-electron chi connectivity index (χ1n) is 9.59. The van der Waals surface area contributed by atoms with E-state index in [-0.39, 0.29) is 30.0 Å². The molecular formula is C22H24FN5O3. The number of imidazole rings is 1. The first-order valence-corrected chi connectivity index (χ1v) is 9.59. The monoisotopic (exact) mass is 425 g/mol. The van der Waals surface area contributed by atoms with Gasteiger partial charge in [-0.1, -0.05) is 11.8 Å². The molecular weight excluding hydrogens is 401 g/mol. The Morgan fingerprint density at radius 1 is 1.48 bits per heavy atom. The summed E-state index contributed by atoms with van der Waals surface area (Å²) < 4.78 is 22.1. The molecule has 0 fully saturated rings. The van der Waals surface area contributed by atoms with Gasteiger partial charge in [0.25, 0.3) is 5.91 Å². The fraction of sp³-hybridized carbons (Fsp3) is 0.318. The van der Waals surface area contributed by atoms with Gasteiger partial charge in [0.1, 0.15) is 35.3 Å². The highest BCUT2D eigenvalue weighted by Gasteiger charge is 2.27. The van der Waals surface area contributed by atoms with Gasteiger partial charge < -0.3 is 25.9 Å². The van der Waals surface area contributed by atoms with Gasteiger partial charge in [0.2, 0.25) is 0 Å². The van der Waals surface area contributed by atoms with Gasteiger partial charge in [-0.05, 0) is 31.7 Å². The number of aliphatic hydroxyl groups is 1. The van der Waals surface area contributed by atoms with Crippen molar-refractivity contribution in [2.24, 2.45) is 16.5 Å². The van der Waals surface area contributed by atoms with Crippen LogP contribution in [0.5, 0.6) is 5.75 Å². The number of aromatic nitrogens is 2. The average molecular weight is 425 g/mol. The summed E-state index contributed by atoms with van der Waals surface area (Å²) in [5.74, 6) is 4.67. The molecule has 0 radical (unpaired) electrons. The van der Waals surface area contributed by atoms with E-state index in [0.717, 1.165) is 0 Å². The van der Waals surface area contributed by atoms with Gasteiger partial charge in [-0.15, -0.1) is 0 Å². The van der Waals surface area contributed by atoms with Crippen LogP contribution >= 0.6 is 0 Å². The van der Waals surface area contributed by atoms with E-state index in [4.69, 9.17) is 16.2 Å². The SMILES string of the molecule is CN=C/C(=C\N)Cc1c(C(N)=O)nc2n1CCOc1cc(F)c(C#CC(C)(C)O)cc1-2. The molecule has 0 atom stereocenters. The number of amides is 1. The van der Waals surface area contributed by atoms with E-state index in [1.807, 2.05) is 4.57 Å². The minimum absolute atomic E-state index is 0.0729. The Morgan fingerprint density at radius 2 is 2.23 bits per heavy atom. The topological polar surface area (TPSA) is 129 Å². The van der Waals surface area contributed by atoms with Gasteiger partial charge in [0.15, 0.2) is 0 Å². The zero-order valence-corrected chi connectivity index (χ0v) is 17.6. The van der Waals surface area contributed by atoms with Crippen LogP contribution in [0.3, 0.4) is 0 Å². The molecule has 0 saturated heterocycles. The molecule has 0 aliphatic carbocycles. The minimum atomic E-state index is -1.29. The predicted molar refractivity (Wildman–Crippen MR) is 115 cm³/mol. The van der Waals surface area contributed by atoms with Crippen LogP contribution < -0.4 is 16.2 Å². The predicted octanol–water partition coefficient (Wildman–Crippen LogP) is 1.39. The minimum Gasteiger partial charge on any atom is -0.491 e. The van der Waals surface area contributed by atoms with E-state index in [1.165, 1.54) is 32.2 Å². The molecule has 2 heterocycles. The lowest BCUT2D eigenvalue weighted by Crippen LogP contribution is -2.17. The number of rotatable bonds is 4. The van der Waals surface area contributed by atoms with Crippen LogP contribution in [-0.4, -0.2) is 46.0 Å². The second-order valence-electron chi connectivity index (χ2n) is 7.54. The lowest BCUT2D eigenvalue weighted by molar-refractivity contribution is 0.0995. The second-order valence-corrected chi connectivity index (χ2v) is 7.54. The molecule has 0 bridgehead atoms. The third kappa shape index (κ3) is 4.75. The molecule has 3 rings (SSSR count). The van der Waals surface area contributed by atoms with Crippen LogP contribution in [-0.2, 0) is 13.0 Å². The third-order valence-electron chi connectivity index (χ3n) is 4.57. The maximum atomic E-state index is 14.6. The zero-order valence-electron chi connectivity index (χ0n) is 17.6. The van der Waals surface area contributed by atoms with Gasteiger partial charge in [0, 0.05) is 25.7 Å². The van der Waals surface area contributed by atoms with Crippen LogP contribution in [0, 0.1) is 17.7 Å². The van der Waals surface area contributed by atoms with E-state index in [2.05, 4.69) is 21.8 Å². The highest BCUT2D eigenvalue weighted by molar-refractivity contribution is 5.93. The number of ether oxygens (including phenoxy) is 1. The second kappa shape index (κ2) is 8.62. The first-order chi connectivity index (χ1) is 14.6. The summed E-state index contributed by atoms with van der Waals surface area (Å²) in [6, 6.07) is 2.72. The number of carbonyl (C=O) groups is 1. The van der Waals surface area contributed by atoms with Crippen molar-refractivity contribution in [2.45, 2.75) is 32.4 Å². The number of hydrogen-bond acceptors (Lipinski definition) is 6. The number of nitrogens with two attached hydrogens (primary N) is 2. The Bertz CT molecular complexity index is 1150. The zero-order chi connectivity index (χ0) is 22.8. The normalized spacial score (nSPS) is 13.6. The van der Waals surface area contributed by atoms with E-state index in [9.17, 15) is 14.3 Å². The number of benzene rings is 1. The summed E-state index contributed by atoms with van der Waals surface area (Å²) in [6.07, 6.45) is 3.27. The van der Waals surface area contributed by atoms with Crippen LogP contribution in [0.1, 0.15) is 35.6 Å². The summed E-state index contributed by atoms with van der Waals surface area (Å²) >= 11 is 0. The molecule has 0 unspecified atom stereocenters. The third-order valence-corrected chi connectivity index (χ3v) is 4.57. The van der Waals surface area contributed by atoms with Crippen LogP contribution in [0.25, 0.3) is 11.4 Å². The fourth-order valence-corrected chi connectivity index (χ4v) is 3.23. The Morgan fingerprint density at radius 3 is 2.84 bits per heavy atom. The van der Waals surface area contributed by atoms with Crippen LogP contribution in [0.4, 0.5) is 4.39 Å². The van der Waals surface area contributed by atoms with Crippen LogP contribution in [0.2, 0.25) is 0 Å². The number of carbonyl (C=O) groups excluding carboxylic acids is 1. The Kier molecular flexibility index (Phi) is 6.13. The summed E-state index contributed by atoms with van der Waals surface area (Å²) in [5.41, 5.74) is 11.9. The molecule has 9 heteroatoms. The van der Waals surface area contributed by atoms with E-state index in [1.54, 1.807) is 13.3 Å². The molecule has 1 aliphatic heterocycles. The summed E-state index contributed by atoms with van der Waals surface area (Å²) in [7, 11) is 1.62. The number of allylic oxidation sites excluding steroid dienone is 1. The fourth-order valence-electron chi connectivity index (χ4n) is 3.23. The van der Waals surface area contributed by atoms with Crippen molar-refractivity contribution in [1.29, 1.82) is 0 Å². The number of halogens is 1. The van der Waals surface area contributed by atoms with Crippen LogP contribution in [0.15, 0.2) is 28.9 Å². The number of hydrogen-bond donors (Lipinski definition) is 3. The molecule has 2 aromatic rings. The summed E-state index contributed by atoms with van der Waals surface area (Å²) in [6.45, 7) is 3.61. The van der Waals surface area contributed by atoms with Crippen molar-refractivity contribution in [1.82, 2.24) is 9.55 Å². The molecule has 31 heavy (non-hydrogen) atoms. The number of nitrogens with zero attached hydrogens (tertiary/aromatic N) is 3. The van der Waals surface area contributed by atoms with Gasteiger partial charge in [0.05, 0.1) is 23.4 Å². The molecule has 8 nitrogen and oxygen atoms in total. The Labute approximate surface area is 179 Å². The molecule has 1 amide bonds. The van der Waals surface area contributed by atoms with Crippen molar-refractivity contribution in [3.8, 4) is 29.0 Å². The first kappa shape index (κ1) is 22.1. The quantitative estimate of drug-likeness (QED) is 0.504. The molecule has 1 aliphatic rings. The highest BCUT2D eigenvalue weighted by Crippen LogP contribution is 2.35. The van der Waals surface area contributed by atoms with E-state index in [0.29, 0.717) is 29.2 Å². The van der Waals surface area contributed by atoms with Crippen molar-refractivity contribution < 1.29 is 19.0 Å². The molecule has 1 aromatic heterocycles. The van der Waals surface area contributed by atoms with Gasteiger partial charge in [-0.25, -0.2) is 9.37 Å². The van der Waals surface area contributed by atoms with Crippen molar-refractivity contribution in [3.05, 3.63) is 46.7 Å². The summed E-state index contributed by atoms with van der Waals surface area (Å²) in [4.78, 5) is 20.5. The number of aliphatic imine (C=N–C) groups is 1. The lowest BCUT2D eigenvalue weighted by atomic mass is 10.1. The molecule has 5 N–H and O–H groups in total. The molecule has 0 saturated carbocycles. The largest absolute Gasteiger partial charge is 0.491 e. The Balaban J connectivity index is 2.21. The van der Waals surface area contributed by atoms with E-state index >= 15 is 0 Å². The number of primary amides is 1. The van der Waals surface area contributed by atoms with Gasteiger partial charge in [-0.2, -0.15) is 0 Å². The van der Waals surface area contributed by atoms with Gasteiger partial charge in [-0.3, -0.25) is 9.79 Å². The molecule has 0 spiro atoms. The van der Waals surface area contributed by atoms with E-state index < -0.39 is 17.3 Å².